The molecule has 3 N–H and O–H groups in total. The summed E-state index contributed by atoms with van der Waals surface area (Å²) < 4.78 is 5.45. The van der Waals surface area contributed by atoms with Crippen LogP contribution in [0.3, 0.4) is 0 Å². The molecule has 0 fully saturated rings. The molecule has 0 saturated carbocycles. The molecule has 0 spiro atoms. The average molecular weight is 870 g/mol. The Bertz CT molecular complexity index is 1050. The fourth-order valence-corrected chi connectivity index (χ4v) is 7.95. The van der Waals surface area contributed by atoms with Gasteiger partial charge in [-0.05, 0) is 89.9 Å². The molecule has 0 rings (SSSR count). The van der Waals surface area contributed by atoms with E-state index in [2.05, 4.69) is 67.8 Å². The van der Waals surface area contributed by atoms with E-state index in [4.69, 9.17) is 4.74 Å². The first kappa shape index (κ1) is 59.8. The van der Waals surface area contributed by atoms with Crippen LogP contribution in [-0.4, -0.2) is 47.4 Å². The molecule has 0 aliphatic heterocycles. The molecule has 0 saturated heterocycles. The van der Waals surface area contributed by atoms with Gasteiger partial charge in [-0.3, -0.25) is 9.59 Å². The molecule has 62 heavy (non-hydrogen) atoms. The van der Waals surface area contributed by atoms with Crippen molar-refractivity contribution in [1.29, 1.82) is 0 Å². The van der Waals surface area contributed by atoms with Gasteiger partial charge in [0.25, 0.3) is 0 Å². The van der Waals surface area contributed by atoms with Crippen molar-refractivity contribution in [1.82, 2.24) is 5.32 Å². The smallest absolute Gasteiger partial charge is 0.305 e. The van der Waals surface area contributed by atoms with Crippen LogP contribution in [0.15, 0.2) is 48.6 Å². The standard InChI is InChI=1S/C56H103NO5/c1-3-5-7-9-11-13-15-17-18-19-22-26-30-34-38-42-46-50-56(61)62-51-47-43-39-35-31-27-23-20-21-25-29-33-37-41-45-49-55(60)57-53(52-58)54(59)48-44-40-36-32-28-24-16-14-12-10-8-6-4-2/h11,13,17-18,20,23,27,31,53-54,58-59H,3-10,12,14-16,19,21-22,24-26,28-30,32-52H2,1-2H3,(H,57,60)/b13-11-,18-17-,23-20-,31-27-. The number of nitrogens with one attached hydrogen (secondary N) is 1. The van der Waals surface area contributed by atoms with Crippen LogP contribution in [0.4, 0.5) is 0 Å². The lowest BCUT2D eigenvalue weighted by atomic mass is 10.0. The Hall–Kier alpha value is -2.18. The minimum absolute atomic E-state index is 0.0301. The monoisotopic (exact) mass is 870 g/mol. The van der Waals surface area contributed by atoms with E-state index in [1.165, 1.54) is 154 Å². The third-order valence-corrected chi connectivity index (χ3v) is 12.1. The molecule has 6 nitrogen and oxygen atoms in total. The molecule has 0 aliphatic carbocycles. The number of ether oxygens (including phenoxy) is 1. The molecule has 0 aromatic heterocycles. The minimum Gasteiger partial charge on any atom is -0.466 e. The maximum Gasteiger partial charge on any atom is 0.305 e. The third kappa shape index (κ3) is 47.3. The quantitative estimate of drug-likeness (QED) is 0.0245. The first-order chi connectivity index (χ1) is 30.5. The van der Waals surface area contributed by atoms with Gasteiger partial charge in [-0.1, -0.05) is 217 Å². The molecule has 2 atom stereocenters. The highest BCUT2D eigenvalue weighted by molar-refractivity contribution is 5.76. The Kier molecular flexibility index (Phi) is 49.6. The normalized spacial score (nSPS) is 13.0. The van der Waals surface area contributed by atoms with E-state index in [1.807, 2.05) is 0 Å². The van der Waals surface area contributed by atoms with Crippen molar-refractivity contribution >= 4 is 11.9 Å². The second-order valence-electron chi connectivity index (χ2n) is 18.2. The van der Waals surface area contributed by atoms with Gasteiger partial charge in [0.05, 0.1) is 25.4 Å². The number of allylic oxidation sites excluding steroid dienone is 8. The fourth-order valence-electron chi connectivity index (χ4n) is 7.95. The lowest BCUT2D eigenvalue weighted by Crippen LogP contribution is -2.45. The second-order valence-corrected chi connectivity index (χ2v) is 18.2. The number of aliphatic hydroxyl groups is 2. The largest absolute Gasteiger partial charge is 0.466 e. The SMILES string of the molecule is CCCCC/C=C\C/C=C\CCCCCCCCCC(=O)OCCCCC/C=C\C=C/CCCCCCCCC(=O)NC(CO)C(O)CCCCCCCCCCCCCCC. The summed E-state index contributed by atoms with van der Waals surface area (Å²) in [5.41, 5.74) is 0. The Morgan fingerprint density at radius 2 is 0.855 bits per heavy atom. The van der Waals surface area contributed by atoms with E-state index < -0.39 is 12.1 Å². The van der Waals surface area contributed by atoms with Gasteiger partial charge in [0.1, 0.15) is 0 Å². The predicted molar refractivity (Wildman–Crippen MR) is 269 cm³/mol. The molecule has 0 aromatic carbocycles. The van der Waals surface area contributed by atoms with Crippen LogP contribution in [0.2, 0.25) is 0 Å². The Balaban J connectivity index is 3.52. The second kappa shape index (κ2) is 51.5. The fraction of sp³-hybridized carbons (Fsp3) is 0.821. The summed E-state index contributed by atoms with van der Waals surface area (Å²) >= 11 is 0. The first-order valence-electron chi connectivity index (χ1n) is 26.9. The molecule has 0 aromatic rings. The van der Waals surface area contributed by atoms with Crippen molar-refractivity contribution in [3.8, 4) is 0 Å². The maximum absolute atomic E-state index is 12.4. The van der Waals surface area contributed by atoms with Crippen molar-refractivity contribution in [2.45, 2.75) is 283 Å². The van der Waals surface area contributed by atoms with Crippen molar-refractivity contribution in [2.75, 3.05) is 13.2 Å². The predicted octanol–water partition coefficient (Wildman–Crippen LogP) is 16.2. The molecule has 1 amide bonds. The van der Waals surface area contributed by atoms with Crippen molar-refractivity contribution in [2.24, 2.45) is 0 Å². The zero-order chi connectivity index (χ0) is 45.1. The van der Waals surface area contributed by atoms with Gasteiger partial charge in [-0.25, -0.2) is 0 Å². The van der Waals surface area contributed by atoms with Crippen LogP contribution < -0.4 is 5.32 Å². The summed E-state index contributed by atoms with van der Waals surface area (Å²) in [6.07, 6.45) is 63.7. The molecule has 0 heterocycles. The van der Waals surface area contributed by atoms with Gasteiger partial charge in [-0.15, -0.1) is 0 Å². The summed E-state index contributed by atoms with van der Waals surface area (Å²) in [4.78, 5) is 24.5. The summed E-state index contributed by atoms with van der Waals surface area (Å²) in [6.45, 7) is 4.86. The number of carbonyl (C=O) groups excluding carboxylic acids is 2. The maximum atomic E-state index is 12.4. The van der Waals surface area contributed by atoms with Crippen LogP contribution in [0.25, 0.3) is 0 Å². The van der Waals surface area contributed by atoms with Crippen LogP contribution in [0.5, 0.6) is 0 Å². The number of esters is 1. The van der Waals surface area contributed by atoms with Gasteiger partial charge >= 0.3 is 5.97 Å². The van der Waals surface area contributed by atoms with E-state index in [-0.39, 0.29) is 18.5 Å². The number of rotatable bonds is 49. The van der Waals surface area contributed by atoms with Crippen molar-refractivity contribution in [3.05, 3.63) is 48.6 Å². The van der Waals surface area contributed by atoms with E-state index in [1.54, 1.807) is 0 Å². The summed E-state index contributed by atoms with van der Waals surface area (Å²) in [5, 5.41) is 23.2. The molecule has 2 unspecified atom stereocenters. The zero-order valence-corrected chi connectivity index (χ0v) is 41.1. The third-order valence-electron chi connectivity index (χ3n) is 12.1. The Morgan fingerprint density at radius 3 is 1.35 bits per heavy atom. The summed E-state index contributed by atoms with van der Waals surface area (Å²) in [5.74, 6) is -0.0891. The molecule has 0 bridgehead atoms. The van der Waals surface area contributed by atoms with Crippen LogP contribution in [0.1, 0.15) is 271 Å². The summed E-state index contributed by atoms with van der Waals surface area (Å²) in [6, 6.07) is -0.558. The van der Waals surface area contributed by atoms with Crippen LogP contribution in [0, 0.1) is 0 Å². The van der Waals surface area contributed by atoms with E-state index >= 15 is 0 Å². The van der Waals surface area contributed by atoms with Gasteiger partial charge in [0.2, 0.25) is 5.91 Å². The van der Waals surface area contributed by atoms with Gasteiger partial charge in [0.15, 0.2) is 0 Å². The Labute approximate surface area is 385 Å². The Morgan fingerprint density at radius 1 is 0.468 bits per heavy atom. The number of carbonyl (C=O) groups is 2. The first-order valence-corrected chi connectivity index (χ1v) is 26.9. The number of hydrogen-bond acceptors (Lipinski definition) is 5. The number of amides is 1. The van der Waals surface area contributed by atoms with Gasteiger partial charge in [0, 0.05) is 12.8 Å². The molecule has 0 radical (unpaired) electrons. The summed E-state index contributed by atoms with van der Waals surface area (Å²) in [7, 11) is 0. The molecule has 0 aliphatic rings. The highest BCUT2D eigenvalue weighted by Crippen LogP contribution is 2.16. The lowest BCUT2D eigenvalue weighted by Gasteiger charge is -2.22. The number of hydrogen-bond donors (Lipinski definition) is 3. The van der Waals surface area contributed by atoms with E-state index in [0.717, 1.165) is 83.5 Å². The molecular weight excluding hydrogens is 767 g/mol. The number of aliphatic hydroxyl groups excluding tert-OH is 2. The van der Waals surface area contributed by atoms with Crippen molar-refractivity contribution in [3.63, 3.8) is 0 Å². The zero-order valence-electron chi connectivity index (χ0n) is 41.1. The van der Waals surface area contributed by atoms with Crippen LogP contribution in [-0.2, 0) is 14.3 Å². The topological polar surface area (TPSA) is 95.9 Å². The van der Waals surface area contributed by atoms with Gasteiger partial charge in [-0.2, -0.15) is 0 Å². The lowest BCUT2D eigenvalue weighted by molar-refractivity contribution is -0.143. The molecular formula is C56H103NO5. The van der Waals surface area contributed by atoms with Crippen molar-refractivity contribution < 1.29 is 24.5 Å². The highest BCUT2D eigenvalue weighted by Gasteiger charge is 2.20. The number of unbranched alkanes of at least 4 members (excludes halogenated alkanes) is 31. The van der Waals surface area contributed by atoms with E-state index in [0.29, 0.717) is 25.9 Å². The van der Waals surface area contributed by atoms with Gasteiger partial charge < -0.3 is 20.3 Å². The van der Waals surface area contributed by atoms with E-state index in [9.17, 15) is 19.8 Å². The van der Waals surface area contributed by atoms with Crippen LogP contribution >= 0.6 is 0 Å². The highest BCUT2D eigenvalue weighted by atomic mass is 16.5. The minimum atomic E-state index is -0.679. The average Bonchev–Trinajstić information content (AvgIpc) is 3.27. The molecule has 362 valence electrons. The molecule has 6 heteroatoms.